The molecule has 12 heavy (non-hydrogen) atoms. The molecule has 0 spiro atoms. The van der Waals surface area contributed by atoms with Gasteiger partial charge in [0.25, 0.3) is 0 Å². The highest BCUT2D eigenvalue weighted by Gasteiger charge is 1.88. The van der Waals surface area contributed by atoms with Gasteiger partial charge in [-0.05, 0) is 19.1 Å². The molecule has 0 unspecified atom stereocenters. The summed E-state index contributed by atoms with van der Waals surface area (Å²) in [5.41, 5.74) is 6.09. The number of nitrogens with zero attached hydrogens (tertiary/aromatic N) is 2. The molecule has 1 heterocycles. The second kappa shape index (κ2) is 4.33. The lowest BCUT2D eigenvalue weighted by molar-refractivity contribution is 0.272. The minimum Gasteiger partial charge on any atom is -0.501 e. The third-order valence-electron chi connectivity index (χ3n) is 1.21. The van der Waals surface area contributed by atoms with Crippen LogP contribution >= 0.6 is 0 Å². The first-order valence-corrected chi connectivity index (χ1v) is 3.70. The number of aromatic nitrogens is 2. The van der Waals surface area contributed by atoms with E-state index >= 15 is 0 Å². The number of nitrogen functional groups attached to an aromatic ring is 1. The molecule has 0 saturated carbocycles. The van der Waals surface area contributed by atoms with Gasteiger partial charge in [0.1, 0.15) is 5.82 Å². The SMILES string of the molecule is CCOC=Cc1ccc(N)nn1. The normalized spacial score (nSPS) is 10.4. The monoisotopic (exact) mass is 165 g/mol. The molecule has 1 aromatic heterocycles. The molecule has 2 N–H and O–H groups in total. The zero-order valence-corrected chi connectivity index (χ0v) is 6.90. The first kappa shape index (κ1) is 8.52. The number of rotatable bonds is 3. The lowest BCUT2D eigenvalue weighted by Crippen LogP contribution is -1.93. The Hall–Kier alpha value is -1.58. The summed E-state index contributed by atoms with van der Waals surface area (Å²) in [5, 5.41) is 7.49. The molecule has 0 atom stereocenters. The van der Waals surface area contributed by atoms with Gasteiger partial charge in [0.2, 0.25) is 0 Å². The zero-order valence-electron chi connectivity index (χ0n) is 6.90. The van der Waals surface area contributed by atoms with Crippen molar-refractivity contribution in [3.8, 4) is 0 Å². The Balaban J connectivity index is 2.58. The van der Waals surface area contributed by atoms with Crippen LogP contribution in [-0.4, -0.2) is 16.8 Å². The number of nitrogens with two attached hydrogens (primary N) is 1. The van der Waals surface area contributed by atoms with Gasteiger partial charge in [-0.1, -0.05) is 0 Å². The van der Waals surface area contributed by atoms with Crippen molar-refractivity contribution >= 4 is 11.9 Å². The average Bonchev–Trinajstić information content (AvgIpc) is 2.09. The van der Waals surface area contributed by atoms with E-state index in [2.05, 4.69) is 10.2 Å². The standard InChI is InChI=1S/C8H11N3O/c1-2-12-6-5-7-3-4-8(9)11-10-7/h3-6H,2H2,1H3,(H2,9,11). The van der Waals surface area contributed by atoms with Gasteiger partial charge < -0.3 is 10.5 Å². The van der Waals surface area contributed by atoms with Gasteiger partial charge in [-0.3, -0.25) is 0 Å². The first-order valence-electron chi connectivity index (χ1n) is 3.70. The Morgan fingerprint density at radius 1 is 1.50 bits per heavy atom. The maximum atomic E-state index is 5.35. The summed E-state index contributed by atoms with van der Waals surface area (Å²) in [5.74, 6) is 0.420. The van der Waals surface area contributed by atoms with Crippen LogP contribution in [0.4, 0.5) is 5.82 Å². The van der Waals surface area contributed by atoms with E-state index in [9.17, 15) is 0 Å². The van der Waals surface area contributed by atoms with Crippen molar-refractivity contribution in [2.45, 2.75) is 6.92 Å². The zero-order chi connectivity index (χ0) is 8.81. The molecular weight excluding hydrogens is 154 g/mol. The average molecular weight is 165 g/mol. The molecule has 0 bridgehead atoms. The van der Waals surface area contributed by atoms with Crippen molar-refractivity contribution < 1.29 is 4.74 Å². The molecule has 64 valence electrons. The van der Waals surface area contributed by atoms with E-state index in [4.69, 9.17) is 10.5 Å². The van der Waals surface area contributed by atoms with Crippen LogP contribution in [0.5, 0.6) is 0 Å². The molecule has 0 fully saturated rings. The fraction of sp³-hybridized carbons (Fsp3) is 0.250. The van der Waals surface area contributed by atoms with Crippen LogP contribution in [0, 0.1) is 0 Å². The van der Waals surface area contributed by atoms with Crippen LogP contribution in [0.2, 0.25) is 0 Å². The molecule has 1 aromatic rings. The second-order valence-electron chi connectivity index (χ2n) is 2.14. The molecule has 1 rings (SSSR count). The van der Waals surface area contributed by atoms with E-state index in [1.165, 1.54) is 0 Å². The number of hydrogen-bond donors (Lipinski definition) is 1. The van der Waals surface area contributed by atoms with E-state index in [1.54, 1.807) is 24.5 Å². The molecule has 0 amide bonds. The largest absolute Gasteiger partial charge is 0.501 e. The summed E-state index contributed by atoms with van der Waals surface area (Å²) in [4.78, 5) is 0. The maximum absolute atomic E-state index is 5.35. The highest BCUT2D eigenvalue weighted by molar-refractivity contribution is 5.43. The van der Waals surface area contributed by atoms with E-state index in [1.807, 2.05) is 6.92 Å². The molecule has 4 nitrogen and oxygen atoms in total. The predicted octanol–water partition coefficient (Wildman–Crippen LogP) is 1.07. The first-order chi connectivity index (χ1) is 5.83. The molecule has 0 aliphatic heterocycles. The Morgan fingerprint density at radius 3 is 2.92 bits per heavy atom. The van der Waals surface area contributed by atoms with E-state index < -0.39 is 0 Å². The van der Waals surface area contributed by atoms with Gasteiger partial charge in [-0.15, -0.1) is 10.2 Å². The Kier molecular flexibility index (Phi) is 3.07. The summed E-state index contributed by atoms with van der Waals surface area (Å²) < 4.78 is 4.99. The number of ether oxygens (including phenoxy) is 1. The van der Waals surface area contributed by atoms with Crippen molar-refractivity contribution in [1.82, 2.24) is 10.2 Å². The molecular formula is C8H11N3O. The lowest BCUT2D eigenvalue weighted by Gasteiger charge is -1.93. The molecule has 0 aliphatic carbocycles. The summed E-state index contributed by atoms with van der Waals surface area (Å²) in [6.45, 7) is 2.57. The molecule has 0 aliphatic rings. The van der Waals surface area contributed by atoms with Gasteiger partial charge in [0.05, 0.1) is 18.6 Å². The van der Waals surface area contributed by atoms with Crippen LogP contribution in [-0.2, 0) is 4.74 Å². The van der Waals surface area contributed by atoms with Crippen LogP contribution in [0.15, 0.2) is 18.4 Å². The van der Waals surface area contributed by atoms with E-state index in [0.717, 1.165) is 5.69 Å². The Morgan fingerprint density at radius 2 is 2.33 bits per heavy atom. The van der Waals surface area contributed by atoms with E-state index in [0.29, 0.717) is 12.4 Å². The fourth-order valence-corrected chi connectivity index (χ4v) is 0.656. The predicted molar refractivity (Wildman–Crippen MR) is 47.1 cm³/mol. The van der Waals surface area contributed by atoms with Crippen LogP contribution in [0.25, 0.3) is 6.08 Å². The quantitative estimate of drug-likeness (QED) is 0.680. The van der Waals surface area contributed by atoms with Gasteiger partial charge >= 0.3 is 0 Å². The number of anilines is 1. The van der Waals surface area contributed by atoms with Gasteiger partial charge in [-0.2, -0.15) is 0 Å². The summed E-state index contributed by atoms with van der Waals surface area (Å²) in [6, 6.07) is 3.47. The van der Waals surface area contributed by atoms with Crippen LogP contribution in [0.1, 0.15) is 12.6 Å². The Bertz CT molecular complexity index is 256. The molecule has 0 saturated heterocycles. The van der Waals surface area contributed by atoms with Crippen molar-refractivity contribution in [1.29, 1.82) is 0 Å². The number of hydrogen-bond acceptors (Lipinski definition) is 4. The summed E-state index contributed by atoms with van der Waals surface area (Å²) >= 11 is 0. The van der Waals surface area contributed by atoms with Gasteiger partial charge in [0, 0.05) is 6.08 Å². The third kappa shape index (κ3) is 2.57. The third-order valence-corrected chi connectivity index (χ3v) is 1.21. The molecule has 4 heteroatoms. The Labute approximate surface area is 71.1 Å². The van der Waals surface area contributed by atoms with E-state index in [-0.39, 0.29) is 0 Å². The highest BCUT2D eigenvalue weighted by Crippen LogP contribution is 1.98. The van der Waals surface area contributed by atoms with Crippen molar-refractivity contribution in [3.63, 3.8) is 0 Å². The van der Waals surface area contributed by atoms with Gasteiger partial charge in [0.15, 0.2) is 0 Å². The summed E-state index contributed by atoms with van der Waals surface area (Å²) in [6.07, 6.45) is 3.32. The van der Waals surface area contributed by atoms with Gasteiger partial charge in [-0.25, -0.2) is 0 Å². The minimum atomic E-state index is 0.420. The summed E-state index contributed by atoms with van der Waals surface area (Å²) in [7, 11) is 0. The molecule has 0 radical (unpaired) electrons. The maximum Gasteiger partial charge on any atom is 0.146 e. The highest BCUT2D eigenvalue weighted by atomic mass is 16.5. The minimum absolute atomic E-state index is 0.420. The fourth-order valence-electron chi connectivity index (χ4n) is 0.656. The smallest absolute Gasteiger partial charge is 0.146 e. The topological polar surface area (TPSA) is 61.0 Å². The van der Waals surface area contributed by atoms with Crippen molar-refractivity contribution in [3.05, 3.63) is 24.1 Å². The van der Waals surface area contributed by atoms with Crippen LogP contribution < -0.4 is 5.73 Å². The lowest BCUT2D eigenvalue weighted by atomic mass is 10.4. The molecule has 0 aromatic carbocycles. The van der Waals surface area contributed by atoms with Crippen molar-refractivity contribution in [2.75, 3.05) is 12.3 Å². The van der Waals surface area contributed by atoms with Crippen LogP contribution in [0.3, 0.4) is 0 Å². The second-order valence-corrected chi connectivity index (χ2v) is 2.14. The van der Waals surface area contributed by atoms with Crippen molar-refractivity contribution in [2.24, 2.45) is 0 Å².